The molecule has 0 aliphatic carbocycles. The molecule has 0 saturated heterocycles. The van der Waals surface area contributed by atoms with E-state index >= 15 is 0 Å². The van der Waals surface area contributed by atoms with E-state index in [-0.39, 0.29) is 11.5 Å². The van der Waals surface area contributed by atoms with Gasteiger partial charge in [-0.3, -0.25) is 10.1 Å². The first-order valence-electron chi connectivity index (χ1n) is 12.7. The van der Waals surface area contributed by atoms with Crippen molar-refractivity contribution < 1.29 is 9.53 Å². The van der Waals surface area contributed by atoms with E-state index in [9.17, 15) is 9.59 Å². The molecule has 0 bridgehead atoms. The van der Waals surface area contributed by atoms with Crippen molar-refractivity contribution in [2.24, 2.45) is 0 Å². The summed E-state index contributed by atoms with van der Waals surface area (Å²) < 4.78 is 7.70. The van der Waals surface area contributed by atoms with Crippen LogP contribution in [0.5, 0.6) is 11.5 Å². The van der Waals surface area contributed by atoms with Gasteiger partial charge < -0.3 is 15.0 Å². The molecule has 0 saturated carbocycles. The first-order chi connectivity index (χ1) is 18.9. The molecule has 0 spiro atoms. The maximum atomic E-state index is 12.9. The Morgan fingerprint density at radius 1 is 1.00 bits per heavy atom. The zero-order chi connectivity index (χ0) is 27.9. The lowest BCUT2D eigenvalue weighted by Gasteiger charge is -2.12. The summed E-state index contributed by atoms with van der Waals surface area (Å²) >= 11 is 0. The molecule has 0 aliphatic heterocycles. The number of anilines is 2. The topological polar surface area (TPSA) is 127 Å². The Hall–Kier alpha value is -4.99. The number of hydrogen-bond acceptors (Lipinski definition) is 6. The van der Waals surface area contributed by atoms with Crippen LogP contribution in [0.3, 0.4) is 0 Å². The molecule has 39 heavy (non-hydrogen) atoms. The second-order valence-corrected chi connectivity index (χ2v) is 8.82. The molecule has 0 fully saturated rings. The number of nitrogens with one attached hydrogen (secondary N) is 3. The summed E-state index contributed by atoms with van der Waals surface area (Å²) in [5, 5.41) is 10.4. The van der Waals surface area contributed by atoms with Gasteiger partial charge in [0, 0.05) is 30.1 Å². The fraction of sp³-hybridized carbons (Fsp3) is 0.207. The molecule has 0 unspecified atom stereocenters. The van der Waals surface area contributed by atoms with E-state index in [1.807, 2.05) is 51.1 Å². The Morgan fingerprint density at radius 2 is 1.77 bits per heavy atom. The number of rotatable bonds is 6. The molecule has 10 nitrogen and oxygen atoms in total. The number of carbonyl (C=O) groups excluding carboxylic acids is 1. The number of hydrogen-bond donors (Lipinski definition) is 3. The lowest BCUT2D eigenvalue weighted by molar-refractivity contribution is 0.262. The van der Waals surface area contributed by atoms with E-state index in [4.69, 9.17) is 4.74 Å². The number of ether oxygens (including phenoxy) is 1. The van der Waals surface area contributed by atoms with E-state index < -0.39 is 6.03 Å². The number of benzene rings is 2. The summed E-state index contributed by atoms with van der Waals surface area (Å²) in [6, 6.07) is 18.0. The fourth-order valence-corrected chi connectivity index (χ4v) is 3.70. The van der Waals surface area contributed by atoms with E-state index in [0.29, 0.717) is 34.2 Å². The maximum Gasteiger partial charge on any atom is 0.324 e. The van der Waals surface area contributed by atoms with Gasteiger partial charge in [0.1, 0.15) is 17.1 Å². The number of amides is 2. The van der Waals surface area contributed by atoms with Crippen molar-refractivity contribution in [1.29, 1.82) is 0 Å². The van der Waals surface area contributed by atoms with Gasteiger partial charge in [0.25, 0.3) is 5.56 Å². The molecule has 0 aliphatic rings. The van der Waals surface area contributed by atoms with Crippen molar-refractivity contribution in [2.45, 2.75) is 40.5 Å². The predicted molar refractivity (Wildman–Crippen MR) is 153 cm³/mol. The highest BCUT2D eigenvalue weighted by molar-refractivity contribution is 5.99. The van der Waals surface area contributed by atoms with Gasteiger partial charge in [0.05, 0.1) is 17.6 Å². The summed E-state index contributed by atoms with van der Waals surface area (Å²) in [7, 11) is 0. The zero-order valence-corrected chi connectivity index (χ0v) is 22.5. The number of aryl methyl sites for hydroxylation is 1. The Labute approximate surface area is 226 Å². The normalized spacial score (nSPS) is 10.6. The summed E-state index contributed by atoms with van der Waals surface area (Å²) in [5.41, 5.74) is 3.78. The highest BCUT2D eigenvalue weighted by Gasteiger charge is 2.15. The number of pyridine rings is 1. The quantitative estimate of drug-likeness (QED) is 0.235. The largest absolute Gasteiger partial charge is 0.455 e. The molecule has 5 aromatic rings. The third-order valence-electron chi connectivity index (χ3n) is 5.60. The zero-order valence-electron chi connectivity index (χ0n) is 22.5. The van der Waals surface area contributed by atoms with Gasteiger partial charge in [-0.1, -0.05) is 51.5 Å². The Bertz CT molecular complexity index is 1640. The van der Waals surface area contributed by atoms with Crippen LogP contribution in [-0.2, 0) is 0 Å². The number of aromatic nitrogens is 5. The molecule has 2 amide bonds. The van der Waals surface area contributed by atoms with Gasteiger partial charge in [0.2, 0.25) is 0 Å². The molecule has 5 rings (SSSR count). The molecular formula is C29H31N7O3. The number of nitrogens with zero attached hydrogens (tertiary/aromatic N) is 4. The third kappa shape index (κ3) is 6.48. The minimum atomic E-state index is -0.422. The minimum absolute atomic E-state index is 0.195. The van der Waals surface area contributed by atoms with Crippen LogP contribution in [-0.4, -0.2) is 30.8 Å². The third-order valence-corrected chi connectivity index (χ3v) is 5.60. The average molecular weight is 526 g/mol. The highest BCUT2D eigenvalue weighted by Crippen LogP contribution is 2.28. The van der Waals surface area contributed by atoms with E-state index in [1.54, 1.807) is 35.0 Å². The summed E-state index contributed by atoms with van der Waals surface area (Å²) in [5.74, 6) is 1.65. The molecule has 10 heteroatoms. The first-order valence-corrected chi connectivity index (χ1v) is 12.7. The van der Waals surface area contributed by atoms with E-state index in [1.165, 1.54) is 12.4 Å². The van der Waals surface area contributed by atoms with Gasteiger partial charge in [-0.05, 0) is 37.1 Å². The molecule has 3 N–H and O–H groups in total. The summed E-state index contributed by atoms with van der Waals surface area (Å²) in [6.45, 7) is 10.1. The monoisotopic (exact) mass is 525 g/mol. The van der Waals surface area contributed by atoms with Gasteiger partial charge >= 0.3 is 6.03 Å². The second-order valence-electron chi connectivity index (χ2n) is 8.82. The molecule has 3 aromatic heterocycles. The standard InChI is InChI=1S/C27H25N7O3.C2H6/c1-16(2)21-14-23(34(33-21)19-9-7-17(3)8-10-19)31-27(36)30-18-5-4-6-20(13-18)37-22-11-12-28-26-25(22)29-15-24(35)32-26;1-2/h4-16H,1-3H3,(H,28,32,35)(H2,30,31,36);1-2H3. The summed E-state index contributed by atoms with van der Waals surface area (Å²) in [4.78, 5) is 35.3. The van der Waals surface area contributed by atoms with Crippen molar-refractivity contribution in [3.8, 4) is 17.2 Å². The minimum Gasteiger partial charge on any atom is -0.455 e. The molecular weight excluding hydrogens is 494 g/mol. The van der Waals surface area contributed by atoms with E-state index in [0.717, 1.165) is 16.9 Å². The number of fused-ring (bicyclic) bond motifs is 1. The lowest BCUT2D eigenvalue weighted by Crippen LogP contribution is -2.21. The number of carbonyl (C=O) groups is 1. The number of H-pyrrole nitrogens is 1. The van der Waals surface area contributed by atoms with Gasteiger partial charge in [0.15, 0.2) is 11.4 Å². The van der Waals surface area contributed by atoms with Gasteiger partial charge in [-0.2, -0.15) is 5.10 Å². The molecule has 200 valence electrons. The van der Waals surface area contributed by atoms with Gasteiger partial charge in [-0.25, -0.2) is 19.4 Å². The molecule has 2 aromatic carbocycles. The van der Waals surface area contributed by atoms with Crippen molar-refractivity contribution in [3.05, 3.63) is 94.7 Å². The Balaban J connectivity index is 0.00000172. The number of urea groups is 1. The molecule has 3 heterocycles. The second kappa shape index (κ2) is 12.0. The van der Waals surface area contributed by atoms with Crippen LogP contribution in [0.15, 0.2) is 77.9 Å². The average Bonchev–Trinajstić information content (AvgIpc) is 3.34. The maximum absolute atomic E-state index is 12.9. The Morgan fingerprint density at radius 3 is 2.51 bits per heavy atom. The van der Waals surface area contributed by atoms with Crippen molar-refractivity contribution in [1.82, 2.24) is 24.7 Å². The molecule has 0 radical (unpaired) electrons. The lowest BCUT2D eigenvalue weighted by atomic mass is 10.1. The van der Waals surface area contributed by atoms with Crippen LogP contribution >= 0.6 is 0 Å². The van der Waals surface area contributed by atoms with Crippen LogP contribution in [0, 0.1) is 6.92 Å². The smallest absolute Gasteiger partial charge is 0.324 e. The predicted octanol–water partition coefficient (Wildman–Crippen LogP) is 6.40. The van der Waals surface area contributed by atoms with Crippen LogP contribution in [0.4, 0.5) is 16.3 Å². The van der Waals surface area contributed by atoms with E-state index in [2.05, 4.69) is 44.5 Å². The van der Waals surface area contributed by atoms with Crippen molar-refractivity contribution >= 4 is 28.7 Å². The Kier molecular flexibility index (Phi) is 8.35. The van der Waals surface area contributed by atoms with Crippen LogP contribution in [0.25, 0.3) is 16.9 Å². The van der Waals surface area contributed by atoms with Crippen LogP contribution < -0.4 is 20.9 Å². The number of aromatic amines is 1. The van der Waals surface area contributed by atoms with Crippen molar-refractivity contribution in [2.75, 3.05) is 10.6 Å². The SMILES string of the molecule is CC.Cc1ccc(-n2nc(C(C)C)cc2NC(=O)Nc2cccc(Oc3ccnc4[nH]c(=O)cnc34)c2)cc1. The van der Waals surface area contributed by atoms with Crippen LogP contribution in [0.1, 0.15) is 44.9 Å². The summed E-state index contributed by atoms with van der Waals surface area (Å²) in [6.07, 6.45) is 2.69. The van der Waals surface area contributed by atoms with Crippen LogP contribution in [0.2, 0.25) is 0 Å². The highest BCUT2D eigenvalue weighted by atomic mass is 16.5. The van der Waals surface area contributed by atoms with Crippen molar-refractivity contribution in [3.63, 3.8) is 0 Å². The van der Waals surface area contributed by atoms with Gasteiger partial charge in [-0.15, -0.1) is 0 Å². The fourth-order valence-electron chi connectivity index (χ4n) is 3.70. The molecule has 0 atom stereocenters. The first kappa shape index (κ1) is 27.1.